The first-order valence-electron chi connectivity index (χ1n) is 7.48. The van der Waals surface area contributed by atoms with E-state index in [1.54, 1.807) is 30.3 Å². The number of carbonyl (C=O) groups is 1. The fraction of sp³-hybridized carbons (Fsp3) is 0.533. The molecule has 1 aliphatic heterocycles. The average molecular weight is 375 g/mol. The van der Waals surface area contributed by atoms with Crippen LogP contribution in [-0.2, 0) is 23.8 Å². The zero-order valence-electron chi connectivity index (χ0n) is 13.7. The standard InChI is InChI=1S/C15H21NO8S/c1-22-15-11(16-14(19)9-6-4-3-5-7-9)13(24-25(2,20)21)12(18)10(8-17)23-15/h3-7,10-13,15,17-18H,8H2,1-2H3,(H,16,19)/t10-,11-,12-,13-,15?/m1/s1. The second-order valence-electron chi connectivity index (χ2n) is 5.58. The summed E-state index contributed by atoms with van der Waals surface area (Å²) < 4.78 is 38.5. The molecule has 9 nitrogen and oxygen atoms in total. The number of nitrogens with one attached hydrogen (secondary N) is 1. The van der Waals surface area contributed by atoms with Gasteiger partial charge in [-0.05, 0) is 12.1 Å². The summed E-state index contributed by atoms with van der Waals surface area (Å²) in [6.07, 6.45) is -4.31. The van der Waals surface area contributed by atoms with Gasteiger partial charge in [-0.15, -0.1) is 0 Å². The van der Waals surface area contributed by atoms with Crippen molar-refractivity contribution in [1.29, 1.82) is 0 Å². The minimum Gasteiger partial charge on any atom is -0.394 e. The molecule has 0 radical (unpaired) electrons. The first kappa shape index (κ1) is 19.8. The molecule has 25 heavy (non-hydrogen) atoms. The van der Waals surface area contributed by atoms with Gasteiger partial charge in [0.05, 0.1) is 12.9 Å². The number of rotatable bonds is 6. The topological polar surface area (TPSA) is 131 Å². The minimum atomic E-state index is -3.96. The van der Waals surface area contributed by atoms with Gasteiger partial charge in [0.25, 0.3) is 16.0 Å². The molecule has 1 amide bonds. The summed E-state index contributed by atoms with van der Waals surface area (Å²) in [5.41, 5.74) is 0.328. The van der Waals surface area contributed by atoms with Crippen molar-refractivity contribution < 1.29 is 37.1 Å². The predicted octanol–water partition coefficient (Wildman–Crippen LogP) is -1.15. The zero-order chi connectivity index (χ0) is 18.6. The lowest BCUT2D eigenvalue weighted by Crippen LogP contribution is -2.65. The van der Waals surface area contributed by atoms with Gasteiger partial charge in [0.1, 0.15) is 24.4 Å². The molecule has 1 heterocycles. The van der Waals surface area contributed by atoms with Crippen LogP contribution in [0.4, 0.5) is 0 Å². The molecule has 1 saturated heterocycles. The van der Waals surface area contributed by atoms with Crippen molar-refractivity contribution in [2.24, 2.45) is 0 Å². The molecule has 1 aromatic carbocycles. The Morgan fingerprint density at radius 3 is 2.48 bits per heavy atom. The zero-order valence-corrected chi connectivity index (χ0v) is 14.5. The smallest absolute Gasteiger partial charge is 0.264 e. The van der Waals surface area contributed by atoms with Gasteiger partial charge >= 0.3 is 0 Å². The Balaban J connectivity index is 2.29. The highest BCUT2D eigenvalue weighted by Crippen LogP contribution is 2.25. The SMILES string of the molecule is COC1O[C@H](CO)[C@@H](O)[C@H](OS(C)(=O)=O)[C@H]1NC(=O)c1ccccc1. The number of aliphatic hydroxyl groups is 2. The molecule has 1 unspecified atom stereocenters. The van der Waals surface area contributed by atoms with Crippen molar-refractivity contribution in [2.75, 3.05) is 20.0 Å². The van der Waals surface area contributed by atoms with E-state index in [1.165, 1.54) is 7.11 Å². The van der Waals surface area contributed by atoms with Gasteiger partial charge in [-0.25, -0.2) is 0 Å². The van der Waals surface area contributed by atoms with Crippen LogP contribution in [0, 0.1) is 0 Å². The van der Waals surface area contributed by atoms with Gasteiger partial charge in [-0.2, -0.15) is 8.42 Å². The number of methoxy groups -OCH3 is 1. The van der Waals surface area contributed by atoms with Crippen LogP contribution in [0.25, 0.3) is 0 Å². The maximum absolute atomic E-state index is 12.4. The molecule has 1 aromatic rings. The van der Waals surface area contributed by atoms with E-state index in [-0.39, 0.29) is 0 Å². The molecular formula is C15H21NO8S. The van der Waals surface area contributed by atoms with Gasteiger partial charge in [-0.1, -0.05) is 18.2 Å². The van der Waals surface area contributed by atoms with Gasteiger partial charge in [0.2, 0.25) is 0 Å². The average Bonchev–Trinajstić information content (AvgIpc) is 2.58. The van der Waals surface area contributed by atoms with Crippen LogP contribution in [0.5, 0.6) is 0 Å². The Labute approximate surface area is 145 Å². The molecule has 0 bridgehead atoms. The van der Waals surface area contributed by atoms with Gasteiger partial charge in [0.15, 0.2) is 6.29 Å². The summed E-state index contributed by atoms with van der Waals surface area (Å²) in [4.78, 5) is 12.4. The quantitative estimate of drug-likeness (QED) is 0.532. The normalized spacial score (nSPS) is 30.0. The van der Waals surface area contributed by atoms with E-state index in [0.717, 1.165) is 6.26 Å². The molecule has 3 N–H and O–H groups in total. The van der Waals surface area contributed by atoms with Crippen molar-refractivity contribution in [3.05, 3.63) is 35.9 Å². The fourth-order valence-electron chi connectivity index (χ4n) is 2.56. The van der Waals surface area contributed by atoms with Crippen LogP contribution >= 0.6 is 0 Å². The van der Waals surface area contributed by atoms with E-state index in [9.17, 15) is 23.4 Å². The van der Waals surface area contributed by atoms with Crippen LogP contribution < -0.4 is 5.32 Å². The van der Waals surface area contributed by atoms with Gasteiger partial charge in [-0.3, -0.25) is 8.98 Å². The van der Waals surface area contributed by atoms with Gasteiger partial charge in [0, 0.05) is 12.7 Å². The number of amides is 1. The third-order valence-corrected chi connectivity index (χ3v) is 4.28. The molecule has 0 spiro atoms. The number of benzene rings is 1. The van der Waals surface area contributed by atoms with Gasteiger partial charge < -0.3 is 25.0 Å². The number of hydrogen-bond donors (Lipinski definition) is 3. The first-order valence-corrected chi connectivity index (χ1v) is 9.30. The van der Waals surface area contributed by atoms with Crippen LogP contribution in [0.3, 0.4) is 0 Å². The summed E-state index contributed by atoms with van der Waals surface area (Å²) in [5, 5.41) is 22.1. The maximum Gasteiger partial charge on any atom is 0.264 e. The van der Waals surface area contributed by atoms with E-state index >= 15 is 0 Å². The number of aliphatic hydroxyl groups excluding tert-OH is 2. The Kier molecular flexibility index (Phi) is 6.49. The molecule has 0 aromatic heterocycles. The van der Waals surface area contributed by atoms with Crippen LogP contribution in [-0.4, -0.2) is 75.2 Å². The number of carbonyl (C=O) groups excluding carboxylic acids is 1. The van der Waals surface area contributed by atoms with E-state index in [4.69, 9.17) is 13.7 Å². The van der Waals surface area contributed by atoms with E-state index in [1.807, 2.05) is 0 Å². The summed E-state index contributed by atoms with van der Waals surface area (Å²) in [6.45, 7) is -0.579. The lowest BCUT2D eigenvalue weighted by Gasteiger charge is -2.43. The Morgan fingerprint density at radius 2 is 1.96 bits per heavy atom. The number of hydrogen-bond acceptors (Lipinski definition) is 8. The second-order valence-corrected chi connectivity index (χ2v) is 7.18. The highest BCUT2D eigenvalue weighted by molar-refractivity contribution is 7.86. The van der Waals surface area contributed by atoms with Crippen molar-refractivity contribution in [1.82, 2.24) is 5.32 Å². The second kappa shape index (κ2) is 8.21. The fourth-order valence-corrected chi connectivity index (χ4v) is 3.20. The Bertz CT molecular complexity index is 680. The summed E-state index contributed by atoms with van der Waals surface area (Å²) in [6, 6.07) is 7.09. The van der Waals surface area contributed by atoms with Crippen molar-refractivity contribution in [2.45, 2.75) is 30.6 Å². The summed E-state index contributed by atoms with van der Waals surface area (Å²) in [5.74, 6) is -0.520. The Morgan fingerprint density at radius 1 is 1.32 bits per heavy atom. The largest absolute Gasteiger partial charge is 0.394 e. The van der Waals surface area contributed by atoms with Crippen molar-refractivity contribution in [3.63, 3.8) is 0 Å². The summed E-state index contributed by atoms with van der Waals surface area (Å²) >= 11 is 0. The molecule has 2 rings (SSSR count). The minimum absolute atomic E-state index is 0.328. The van der Waals surface area contributed by atoms with Crippen molar-refractivity contribution >= 4 is 16.0 Å². The molecule has 140 valence electrons. The van der Waals surface area contributed by atoms with Crippen molar-refractivity contribution in [3.8, 4) is 0 Å². The maximum atomic E-state index is 12.4. The predicted molar refractivity (Wildman–Crippen MR) is 86.2 cm³/mol. The van der Waals surface area contributed by atoms with E-state index < -0.39 is 53.3 Å². The molecule has 10 heteroatoms. The molecular weight excluding hydrogens is 354 g/mol. The first-order chi connectivity index (χ1) is 11.8. The number of ether oxygens (including phenoxy) is 2. The molecule has 0 saturated carbocycles. The monoisotopic (exact) mass is 375 g/mol. The third-order valence-electron chi connectivity index (χ3n) is 3.71. The molecule has 0 aliphatic carbocycles. The highest BCUT2D eigenvalue weighted by Gasteiger charge is 2.48. The van der Waals surface area contributed by atoms with Crippen LogP contribution in [0.1, 0.15) is 10.4 Å². The molecule has 5 atom stereocenters. The van der Waals surface area contributed by atoms with Crippen LogP contribution in [0.2, 0.25) is 0 Å². The van der Waals surface area contributed by atoms with Crippen LogP contribution in [0.15, 0.2) is 30.3 Å². The lowest BCUT2D eigenvalue weighted by molar-refractivity contribution is -0.256. The molecule has 1 fully saturated rings. The van der Waals surface area contributed by atoms with E-state index in [2.05, 4.69) is 5.32 Å². The lowest BCUT2D eigenvalue weighted by atomic mass is 9.96. The molecule has 1 aliphatic rings. The summed E-state index contributed by atoms with van der Waals surface area (Å²) in [7, 11) is -2.67. The third kappa shape index (κ3) is 4.97. The van der Waals surface area contributed by atoms with E-state index in [0.29, 0.717) is 5.56 Å². The Hall–Kier alpha value is -1.56. The highest BCUT2D eigenvalue weighted by atomic mass is 32.2.